The molecule has 1 aromatic heterocycles. The Morgan fingerprint density at radius 3 is 2.58 bits per heavy atom. The number of aromatic nitrogens is 3. The van der Waals surface area contributed by atoms with E-state index in [0.717, 1.165) is 24.4 Å². The highest BCUT2D eigenvalue weighted by molar-refractivity contribution is 6.30. The molecule has 0 N–H and O–H groups in total. The zero-order chi connectivity index (χ0) is 17.8. The van der Waals surface area contributed by atoms with Gasteiger partial charge in [0.05, 0.1) is 0 Å². The molecule has 0 spiro atoms. The molecule has 1 fully saturated rings. The Morgan fingerprint density at radius 1 is 0.962 bits per heavy atom. The van der Waals surface area contributed by atoms with Gasteiger partial charge in [0.25, 0.3) is 0 Å². The van der Waals surface area contributed by atoms with E-state index in [9.17, 15) is 0 Å². The van der Waals surface area contributed by atoms with Crippen molar-refractivity contribution in [2.45, 2.75) is 63.8 Å². The number of rotatable bonds is 5. The van der Waals surface area contributed by atoms with Crippen molar-refractivity contribution in [1.82, 2.24) is 19.7 Å². The molecule has 4 nitrogen and oxygen atoms in total. The molecule has 26 heavy (non-hydrogen) atoms. The van der Waals surface area contributed by atoms with E-state index in [-0.39, 0.29) is 0 Å². The molecule has 2 aromatic rings. The Bertz CT molecular complexity index is 701. The van der Waals surface area contributed by atoms with E-state index < -0.39 is 0 Å². The van der Waals surface area contributed by atoms with E-state index in [1.165, 1.54) is 75.4 Å². The summed E-state index contributed by atoms with van der Waals surface area (Å²) < 4.78 is 2.39. The fraction of sp³-hybridized carbons (Fsp3) is 0.619. The fourth-order valence-electron chi connectivity index (χ4n) is 4.42. The lowest BCUT2D eigenvalue weighted by molar-refractivity contribution is 0.209. The number of piperidine rings is 1. The van der Waals surface area contributed by atoms with Crippen molar-refractivity contribution in [2.75, 3.05) is 19.6 Å². The maximum absolute atomic E-state index is 6.01. The predicted octanol–water partition coefficient (Wildman–Crippen LogP) is 4.47. The first-order valence-electron chi connectivity index (χ1n) is 10.2. The molecule has 0 saturated carbocycles. The molecule has 5 heteroatoms. The zero-order valence-electron chi connectivity index (χ0n) is 15.5. The summed E-state index contributed by atoms with van der Waals surface area (Å²) in [6.45, 7) is 4.69. The van der Waals surface area contributed by atoms with Crippen molar-refractivity contribution in [1.29, 1.82) is 0 Å². The minimum Gasteiger partial charge on any atom is -0.315 e. The van der Waals surface area contributed by atoms with Crippen LogP contribution in [0.3, 0.4) is 0 Å². The van der Waals surface area contributed by atoms with Crippen LogP contribution >= 0.6 is 11.6 Å². The van der Waals surface area contributed by atoms with Gasteiger partial charge in [-0.1, -0.05) is 30.2 Å². The molecule has 0 aliphatic carbocycles. The Hall–Kier alpha value is -1.39. The van der Waals surface area contributed by atoms with Gasteiger partial charge in [-0.15, -0.1) is 10.2 Å². The molecule has 0 unspecified atom stereocenters. The predicted molar refractivity (Wildman–Crippen MR) is 106 cm³/mol. The second-order valence-corrected chi connectivity index (χ2v) is 8.20. The third-order valence-corrected chi connectivity index (χ3v) is 6.24. The van der Waals surface area contributed by atoms with E-state index >= 15 is 0 Å². The molecule has 140 valence electrons. The van der Waals surface area contributed by atoms with Crippen molar-refractivity contribution in [3.8, 4) is 0 Å². The first kappa shape index (κ1) is 18.0. The van der Waals surface area contributed by atoms with Gasteiger partial charge in [0.1, 0.15) is 11.6 Å². The highest BCUT2D eigenvalue weighted by Gasteiger charge is 2.21. The van der Waals surface area contributed by atoms with Crippen LogP contribution < -0.4 is 0 Å². The van der Waals surface area contributed by atoms with Gasteiger partial charge >= 0.3 is 0 Å². The minimum atomic E-state index is 0.691. The summed E-state index contributed by atoms with van der Waals surface area (Å²) in [5.74, 6) is 3.11. The molecule has 0 atom stereocenters. The molecule has 1 saturated heterocycles. The third kappa shape index (κ3) is 4.29. The van der Waals surface area contributed by atoms with E-state index in [0.29, 0.717) is 5.92 Å². The van der Waals surface area contributed by atoms with Gasteiger partial charge in [-0.05, 0) is 75.4 Å². The van der Waals surface area contributed by atoms with E-state index in [1.807, 2.05) is 12.1 Å². The second kappa shape index (κ2) is 8.53. The fourth-order valence-corrected chi connectivity index (χ4v) is 4.54. The van der Waals surface area contributed by atoms with Crippen LogP contribution in [0.5, 0.6) is 0 Å². The average Bonchev–Trinajstić information content (AvgIpc) is 2.89. The maximum Gasteiger partial charge on any atom is 0.133 e. The maximum atomic E-state index is 6.01. The number of fused-ring (bicyclic) bond motifs is 1. The monoisotopic (exact) mass is 372 g/mol. The molecule has 0 amide bonds. The Labute approximate surface area is 161 Å². The van der Waals surface area contributed by atoms with Crippen molar-refractivity contribution in [2.24, 2.45) is 0 Å². The van der Waals surface area contributed by atoms with Gasteiger partial charge < -0.3 is 9.47 Å². The number of halogens is 1. The van der Waals surface area contributed by atoms with Gasteiger partial charge in [-0.3, -0.25) is 0 Å². The van der Waals surface area contributed by atoms with Gasteiger partial charge in [0.15, 0.2) is 0 Å². The molecular formula is C21H29ClN4. The smallest absolute Gasteiger partial charge is 0.133 e. The van der Waals surface area contributed by atoms with Crippen LogP contribution in [-0.2, 0) is 19.4 Å². The van der Waals surface area contributed by atoms with Gasteiger partial charge in [0.2, 0.25) is 0 Å². The number of hydrogen-bond donors (Lipinski definition) is 0. The molecule has 4 rings (SSSR count). The van der Waals surface area contributed by atoms with Crippen LogP contribution in [0.2, 0.25) is 5.02 Å². The van der Waals surface area contributed by atoms with Gasteiger partial charge in [-0.25, -0.2) is 0 Å². The quantitative estimate of drug-likeness (QED) is 0.776. The Kier molecular flexibility index (Phi) is 5.91. The summed E-state index contributed by atoms with van der Waals surface area (Å²) in [4.78, 5) is 2.62. The molecule has 3 heterocycles. The molecule has 0 bridgehead atoms. The number of nitrogens with zero attached hydrogens (tertiary/aromatic N) is 4. The second-order valence-electron chi connectivity index (χ2n) is 7.77. The first-order valence-corrected chi connectivity index (χ1v) is 10.6. The summed E-state index contributed by atoms with van der Waals surface area (Å²) in [5, 5.41) is 9.72. The Morgan fingerprint density at radius 2 is 1.77 bits per heavy atom. The third-order valence-electron chi connectivity index (χ3n) is 5.99. The molecule has 2 aliphatic heterocycles. The lowest BCUT2D eigenvalue weighted by atomic mass is 9.89. The Balaban J connectivity index is 1.23. The van der Waals surface area contributed by atoms with Crippen molar-refractivity contribution < 1.29 is 0 Å². The van der Waals surface area contributed by atoms with Crippen molar-refractivity contribution >= 4 is 11.6 Å². The number of aryl methyl sites for hydroxylation is 2. The van der Waals surface area contributed by atoms with Crippen LogP contribution in [0.15, 0.2) is 24.3 Å². The molecule has 2 aliphatic rings. The summed E-state index contributed by atoms with van der Waals surface area (Å²) in [5.41, 5.74) is 1.44. The first-order chi connectivity index (χ1) is 12.8. The number of hydrogen-bond acceptors (Lipinski definition) is 3. The van der Waals surface area contributed by atoms with E-state index in [2.05, 4.69) is 31.8 Å². The number of benzene rings is 1. The summed E-state index contributed by atoms with van der Waals surface area (Å²) in [7, 11) is 0. The van der Waals surface area contributed by atoms with Crippen LogP contribution in [0.1, 0.15) is 61.7 Å². The summed E-state index contributed by atoms with van der Waals surface area (Å²) >= 11 is 6.01. The van der Waals surface area contributed by atoms with Crippen LogP contribution in [-0.4, -0.2) is 39.3 Å². The summed E-state index contributed by atoms with van der Waals surface area (Å²) in [6.07, 6.45) is 9.71. The molecular weight excluding hydrogens is 344 g/mol. The molecule has 1 aromatic carbocycles. The van der Waals surface area contributed by atoms with Crippen LogP contribution in [0, 0.1) is 0 Å². The number of likely N-dealkylation sites (tertiary alicyclic amines) is 1. The van der Waals surface area contributed by atoms with Gasteiger partial charge in [-0.2, -0.15) is 0 Å². The highest BCUT2D eigenvalue weighted by Crippen LogP contribution is 2.29. The summed E-state index contributed by atoms with van der Waals surface area (Å²) in [6, 6.07) is 8.43. The zero-order valence-corrected chi connectivity index (χ0v) is 16.3. The van der Waals surface area contributed by atoms with E-state index in [1.54, 1.807) is 0 Å². The lowest BCUT2D eigenvalue weighted by Gasteiger charge is -2.32. The van der Waals surface area contributed by atoms with Crippen molar-refractivity contribution in [3.05, 3.63) is 46.5 Å². The lowest BCUT2D eigenvalue weighted by Crippen LogP contribution is -2.34. The minimum absolute atomic E-state index is 0.691. The van der Waals surface area contributed by atoms with Crippen LogP contribution in [0.25, 0.3) is 0 Å². The molecule has 0 radical (unpaired) electrons. The topological polar surface area (TPSA) is 34.0 Å². The van der Waals surface area contributed by atoms with Crippen molar-refractivity contribution in [3.63, 3.8) is 0 Å². The average molecular weight is 373 g/mol. The van der Waals surface area contributed by atoms with Gasteiger partial charge in [0, 0.05) is 24.4 Å². The normalized spacial score (nSPS) is 19.3. The van der Waals surface area contributed by atoms with E-state index in [4.69, 9.17) is 11.6 Å². The van der Waals surface area contributed by atoms with Crippen LogP contribution in [0.4, 0.5) is 0 Å². The standard InChI is InChI=1S/C21H29ClN4/c22-19-9-7-17(8-10-19)18-11-15-25(16-12-18)13-4-6-21-24-23-20-5-2-1-3-14-26(20)21/h7-10,18H,1-6,11-16H2. The largest absolute Gasteiger partial charge is 0.315 e. The highest BCUT2D eigenvalue weighted by atomic mass is 35.5. The SMILES string of the molecule is Clc1ccc(C2CCN(CCCc3nnc4n3CCCCC4)CC2)cc1.